The van der Waals surface area contributed by atoms with Gasteiger partial charge in [0.25, 0.3) is 0 Å². The highest BCUT2D eigenvalue weighted by atomic mass is 16.5. The van der Waals surface area contributed by atoms with Crippen LogP contribution in [0.15, 0.2) is 42.7 Å². The number of rotatable bonds is 3. The van der Waals surface area contributed by atoms with Gasteiger partial charge in [0.05, 0.1) is 24.7 Å². The van der Waals surface area contributed by atoms with E-state index in [1.807, 2.05) is 25.4 Å². The summed E-state index contributed by atoms with van der Waals surface area (Å²) in [6, 6.07) is 9.02. The summed E-state index contributed by atoms with van der Waals surface area (Å²) in [6.07, 6.45) is 3.71. The van der Waals surface area contributed by atoms with Crippen LogP contribution < -0.4 is 4.74 Å². The number of nitrogens with zero attached hydrogens (tertiary/aromatic N) is 4. The fourth-order valence-electron chi connectivity index (χ4n) is 2.67. The van der Waals surface area contributed by atoms with Gasteiger partial charge in [-0.1, -0.05) is 0 Å². The molecular formula is C17H15N5O2. The zero-order chi connectivity index (χ0) is 16.7. The van der Waals surface area contributed by atoms with E-state index >= 15 is 0 Å². The third kappa shape index (κ3) is 2.26. The van der Waals surface area contributed by atoms with Crippen LogP contribution in [0.4, 0.5) is 0 Å². The van der Waals surface area contributed by atoms with Crippen molar-refractivity contribution in [1.82, 2.24) is 25.0 Å². The molecule has 2 N–H and O–H groups in total. The molecular weight excluding hydrogens is 306 g/mol. The predicted octanol–water partition coefficient (Wildman–Crippen LogP) is 2.74. The molecule has 4 aromatic rings. The van der Waals surface area contributed by atoms with E-state index in [1.165, 1.54) is 7.11 Å². The van der Waals surface area contributed by atoms with Gasteiger partial charge in [0.1, 0.15) is 0 Å². The maximum atomic E-state index is 9.71. The summed E-state index contributed by atoms with van der Waals surface area (Å²) in [5.74, 6) is 0.508. The molecule has 0 unspecified atom stereocenters. The fraction of sp³-hybridized carbons (Fsp3) is 0.118. The number of aryl methyl sites for hydroxylation is 1. The highest BCUT2D eigenvalue weighted by Gasteiger charge is 2.12. The van der Waals surface area contributed by atoms with Gasteiger partial charge in [0.15, 0.2) is 17.1 Å². The van der Waals surface area contributed by atoms with Gasteiger partial charge in [0.2, 0.25) is 0 Å². The Morgan fingerprint density at radius 3 is 2.79 bits per heavy atom. The highest BCUT2D eigenvalue weighted by molar-refractivity contribution is 5.91. The summed E-state index contributed by atoms with van der Waals surface area (Å²) in [5.41, 5.74) is 4.07. The van der Waals surface area contributed by atoms with Crippen LogP contribution in [0.5, 0.6) is 11.5 Å². The lowest BCUT2D eigenvalue weighted by Crippen LogP contribution is -1.88. The van der Waals surface area contributed by atoms with E-state index in [-0.39, 0.29) is 5.75 Å². The van der Waals surface area contributed by atoms with E-state index in [9.17, 15) is 5.11 Å². The third-order valence-corrected chi connectivity index (χ3v) is 3.89. The van der Waals surface area contributed by atoms with Crippen molar-refractivity contribution in [2.45, 2.75) is 0 Å². The second-order valence-corrected chi connectivity index (χ2v) is 5.46. The number of methoxy groups -OCH3 is 1. The Kier molecular flexibility index (Phi) is 3.19. The molecule has 0 spiro atoms. The van der Waals surface area contributed by atoms with E-state index in [0.717, 1.165) is 27.9 Å². The van der Waals surface area contributed by atoms with Crippen LogP contribution in [-0.2, 0) is 7.05 Å². The smallest absolute Gasteiger partial charge is 0.182 e. The maximum absolute atomic E-state index is 9.71. The molecule has 0 aliphatic carbocycles. The van der Waals surface area contributed by atoms with Gasteiger partial charge in [-0.3, -0.25) is 9.78 Å². The monoisotopic (exact) mass is 321 g/mol. The number of aromatic hydroxyl groups is 1. The van der Waals surface area contributed by atoms with Gasteiger partial charge < -0.3 is 9.84 Å². The van der Waals surface area contributed by atoms with Crippen LogP contribution in [0, 0.1) is 0 Å². The van der Waals surface area contributed by atoms with Crippen molar-refractivity contribution < 1.29 is 9.84 Å². The lowest BCUT2D eigenvalue weighted by molar-refractivity contribution is 0.373. The number of fused-ring (bicyclic) bond motifs is 1. The molecule has 0 bridgehead atoms. The Morgan fingerprint density at radius 1 is 1.17 bits per heavy atom. The van der Waals surface area contributed by atoms with Gasteiger partial charge in [-0.2, -0.15) is 10.2 Å². The molecule has 120 valence electrons. The highest BCUT2D eigenvalue weighted by Crippen LogP contribution is 2.32. The van der Waals surface area contributed by atoms with Crippen molar-refractivity contribution in [2.75, 3.05) is 7.11 Å². The van der Waals surface area contributed by atoms with Crippen molar-refractivity contribution in [1.29, 1.82) is 0 Å². The normalized spacial score (nSPS) is 11.1. The van der Waals surface area contributed by atoms with Gasteiger partial charge in [-0.05, 0) is 30.3 Å². The van der Waals surface area contributed by atoms with Gasteiger partial charge >= 0.3 is 0 Å². The number of nitrogens with one attached hydrogen (secondary N) is 1. The van der Waals surface area contributed by atoms with Crippen molar-refractivity contribution in [2.24, 2.45) is 7.05 Å². The molecule has 0 fully saturated rings. The number of hydrogen-bond donors (Lipinski definition) is 2. The number of ether oxygens (including phenoxy) is 1. The topological polar surface area (TPSA) is 88.9 Å². The van der Waals surface area contributed by atoms with E-state index < -0.39 is 0 Å². The molecule has 0 radical (unpaired) electrons. The third-order valence-electron chi connectivity index (χ3n) is 3.89. The standard InChI is InChI=1S/C17H15N5O2/c1-22-9-11(8-18-22)16-12-4-5-13(19-17(12)21-20-16)10-3-6-14(23)15(7-10)24-2/h3-9,23H,1-2H3,(H,19,20,21). The zero-order valence-corrected chi connectivity index (χ0v) is 13.2. The minimum atomic E-state index is 0.0981. The first-order valence-corrected chi connectivity index (χ1v) is 7.37. The molecule has 0 saturated carbocycles. The number of aromatic amines is 1. The molecule has 3 heterocycles. The predicted molar refractivity (Wildman–Crippen MR) is 89.7 cm³/mol. The maximum Gasteiger partial charge on any atom is 0.182 e. The average molecular weight is 321 g/mol. The van der Waals surface area contributed by atoms with E-state index in [4.69, 9.17) is 4.74 Å². The fourth-order valence-corrected chi connectivity index (χ4v) is 2.67. The number of pyridine rings is 1. The Labute approximate surface area is 137 Å². The van der Waals surface area contributed by atoms with Crippen molar-refractivity contribution in [3.8, 4) is 34.0 Å². The number of aromatic nitrogens is 5. The van der Waals surface area contributed by atoms with E-state index in [0.29, 0.717) is 11.4 Å². The van der Waals surface area contributed by atoms with Gasteiger partial charge in [0, 0.05) is 29.8 Å². The molecule has 0 aliphatic heterocycles. The van der Waals surface area contributed by atoms with Crippen LogP contribution in [0.25, 0.3) is 33.5 Å². The molecule has 24 heavy (non-hydrogen) atoms. The molecule has 7 heteroatoms. The summed E-state index contributed by atoms with van der Waals surface area (Å²) in [4.78, 5) is 4.60. The van der Waals surface area contributed by atoms with Crippen LogP contribution in [0.1, 0.15) is 0 Å². The molecule has 7 nitrogen and oxygen atoms in total. The summed E-state index contributed by atoms with van der Waals surface area (Å²) in [6.45, 7) is 0. The van der Waals surface area contributed by atoms with Gasteiger partial charge in [-0.25, -0.2) is 4.98 Å². The van der Waals surface area contributed by atoms with Crippen LogP contribution in [0.2, 0.25) is 0 Å². The van der Waals surface area contributed by atoms with Gasteiger partial charge in [-0.15, -0.1) is 0 Å². The largest absolute Gasteiger partial charge is 0.504 e. The first-order valence-electron chi connectivity index (χ1n) is 7.37. The SMILES string of the molecule is COc1cc(-c2ccc3c(-c4cnn(C)c4)[nH]nc3n2)ccc1O. The Bertz CT molecular complexity index is 1030. The van der Waals surface area contributed by atoms with Crippen LogP contribution >= 0.6 is 0 Å². The number of phenols is 1. The zero-order valence-electron chi connectivity index (χ0n) is 13.2. The van der Waals surface area contributed by atoms with Crippen molar-refractivity contribution in [3.63, 3.8) is 0 Å². The summed E-state index contributed by atoms with van der Waals surface area (Å²) >= 11 is 0. The first kappa shape index (κ1) is 14.3. The molecule has 0 aliphatic rings. The van der Waals surface area contributed by atoms with E-state index in [1.54, 1.807) is 29.1 Å². The Hall–Kier alpha value is -3.35. The number of phenolic OH excluding ortho intramolecular Hbond substituents is 1. The van der Waals surface area contributed by atoms with E-state index in [2.05, 4.69) is 20.3 Å². The summed E-state index contributed by atoms with van der Waals surface area (Å²) in [7, 11) is 3.39. The lowest BCUT2D eigenvalue weighted by atomic mass is 10.1. The average Bonchev–Trinajstić information content (AvgIpc) is 3.20. The second kappa shape index (κ2) is 5.38. The summed E-state index contributed by atoms with van der Waals surface area (Å²) < 4.78 is 6.89. The lowest BCUT2D eigenvalue weighted by Gasteiger charge is -2.06. The number of hydrogen-bond acceptors (Lipinski definition) is 5. The molecule has 0 atom stereocenters. The molecule has 0 saturated heterocycles. The van der Waals surface area contributed by atoms with Crippen LogP contribution in [0.3, 0.4) is 0 Å². The Balaban J connectivity index is 1.80. The molecule has 4 rings (SSSR count). The minimum Gasteiger partial charge on any atom is -0.504 e. The van der Waals surface area contributed by atoms with Crippen molar-refractivity contribution >= 4 is 11.0 Å². The molecule has 1 aromatic carbocycles. The minimum absolute atomic E-state index is 0.0981. The molecule has 0 amide bonds. The quantitative estimate of drug-likeness (QED) is 0.605. The summed E-state index contributed by atoms with van der Waals surface area (Å²) in [5, 5.41) is 22.1. The first-order chi connectivity index (χ1) is 11.7. The van der Waals surface area contributed by atoms with Crippen molar-refractivity contribution in [3.05, 3.63) is 42.7 Å². The second-order valence-electron chi connectivity index (χ2n) is 5.46. The number of benzene rings is 1. The number of H-pyrrole nitrogens is 1. The Morgan fingerprint density at radius 2 is 2.04 bits per heavy atom. The molecule has 3 aromatic heterocycles. The van der Waals surface area contributed by atoms with Crippen LogP contribution in [-0.4, -0.2) is 37.2 Å².